The van der Waals surface area contributed by atoms with Crippen molar-refractivity contribution in [2.75, 3.05) is 13.2 Å². The molecule has 0 aromatic heterocycles. The largest absolute Gasteiger partial charge is 0.480 e. The van der Waals surface area contributed by atoms with Gasteiger partial charge in [-0.2, -0.15) is 0 Å². The van der Waals surface area contributed by atoms with E-state index in [-0.39, 0.29) is 11.8 Å². The summed E-state index contributed by atoms with van der Waals surface area (Å²) in [6.07, 6.45) is 0.949. The highest BCUT2D eigenvalue weighted by Crippen LogP contribution is 2.21. The maximum Gasteiger partial charge on any atom is 0.328 e. The lowest BCUT2D eigenvalue weighted by Crippen LogP contribution is -2.58. The summed E-state index contributed by atoms with van der Waals surface area (Å²) < 4.78 is 0. The summed E-state index contributed by atoms with van der Waals surface area (Å²) in [6.45, 7) is 6.74. The predicted octanol–water partition coefficient (Wildman–Crippen LogP) is -1.34. The molecule has 1 aliphatic rings. The molecule has 0 aromatic rings. The first-order valence-corrected chi connectivity index (χ1v) is 9.51. The summed E-state index contributed by atoms with van der Waals surface area (Å²) >= 11 is 0. The summed E-state index contributed by atoms with van der Waals surface area (Å²) in [5.74, 6) is -3.17. The molecule has 1 aliphatic heterocycles. The lowest BCUT2D eigenvalue weighted by molar-refractivity contribution is -0.146. The van der Waals surface area contributed by atoms with Crippen LogP contribution in [0.15, 0.2) is 0 Å². The molecule has 10 heteroatoms. The van der Waals surface area contributed by atoms with E-state index in [1.807, 2.05) is 0 Å². The number of aliphatic hydroxyl groups excluding tert-OH is 1. The van der Waals surface area contributed by atoms with Crippen molar-refractivity contribution in [3.63, 3.8) is 0 Å². The molecule has 3 amide bonds. The van der Waals surface area contributed by atoms with Crippen molar-refractivity contribution >= 4 is 23.7 Å². The summed E-state index contributed by atoms with van der Waals surface area (Å²) in [4.78, 5) is 50.2. The van der Waals surface area contributed by atoms with E-state index in [0.29, 0.717) is 19.4 Å². The third-order valence-corrected chi connectivity index (χ3v) is 4.89. The van der Waals surface area contributed by atoms with E-state index in [0.717, 1.165) is 0 Å². The second kappa shape index (κ2) is 10.4. The van der Waals surface area contributed by atoms with Crippen LogP contribution in [0.2, 0.25) is 0 Å². The SMILES string of the molecule is CC(C)C(N)C(=O)NC(C(=O)N1CCCC1C(=O)NC(CO)C(=O)O)C(C)C. The highest BCUT2D eigenvalue weighted by atomic mass is 16.4. The maximum atomic E-state index is 13.0. The van der Waals surface area contributed by atoms with Crippen LogP contribution in [0.1, 0.15) is 40.5 Å². The molecule has 28 heavy (non-hydrogen) atoms. The number of hydrogen-bond donors (Lipinski definition) is 5. The third kappa shape index (κ3) is 5.90. The van der Waals surface area contributed by atoms with Crippen molar-refractivity contribution in [1.82, 2.24) is 15.5 Å². The van der Waals surface area contributed by atoms with Crippen LogP contribution in [0.25, 0.3) is 0 Å². The smallest absolute Gasteiger partial charge is 0.328 e. The minimum absolute atomic E-state index is 0.0975. The number of amides is 3. The number of nitrogens with one attached hydrogen (secondary N) is 2. The van der Waals surface area contributed by atoms with Gasteiger partial charge in [-0.15, -0.1) is 0 Å². The minimum atomic E-state index is -1.44. The van der Waals surface area contributed by atoms with Gasteiger partial charge in [-0.1, -0.05) is 27.7 Å². The lowest BCUT2D eigenvalue weighted by Gasteiger charge is -2.31. The van der Waals surface area contributed by atoms with Gasteiger partial charge >= 0.3 is 5.97 Å². The molecule has 0 saturated carbocycles. The Morgan fingerprint density at radius 2 is 1.71 bits per heavy atom. The Labute approximate surface area is 164 Å². The second-order valence-corrected chi connectivity index (χ2v) is 7.77. The Morgan fingerprint density at radius 1 is 1.11 bits per heavy atom. The van der Waals surface area contributed by atoms with Crippen LogP contribution in [0, 0.1) is 11.8 Å². The van der Waals surface area contributed by atoms with Gasteiger partial charge in [0.1, 0.15) is 18.1 Å². The Hall–Kier alpha value is -2.20. The van der Waals surface area contributed by atoms with Crippen LogP contribution < -0.4 is 16.4 Å². The molecular weight excluding hydrogens is 368 g/mol. The summed E-state index contributed by atoms with van der Waals surface area (Å²) in [6, 6.07) is -3.89. The van der Waals surface area contributed by atoms with Gasteiger partial charge in [0, 0.05) is 6.54 Å². The number of likely N-dealkylation sites (tertiary alicyclic amines) is 1. The molecule has 0 radical (unpaired) electrons. The Kier molecular flexibility index (Phi) is 8.83. The second-order valence-electron chi connectivity index (χ2n) is 7.77. The number of nitrogens with zero attached hydrogens (tertiary/aromatic N) is 1. The number of carboxylic acid groups (broad SMARTS) is 1. The van der Waals surface area contributed by atoms with E-state index in [2.05, 4.69) is 10.6 Å². The number of rotatable bonds is 9. The molecule has 6 N–H and O–H groups in total. The molecule has 1 rings (SSSR count). The molecule has 0 aliphatic carbocycles. The van der Waals surface area contributed by atoms with Gasteiger partial charge in [-0.3, -0.25) is 14.4 Å². The maximum absolute atomic E-state index is 13.0. The van der Waals surface area contributed by atoms with E-state index in [1.165, 1.54) is 4.90 Å². The summed E-state index contributed by atoms with van der Waals surface area (Å²) in [5, 5.41) is 23.0. The van der Waals surface area contributed by atoms with Crippen molar-refractivity contribution in [2.24, 2.45) is 17.6 Å². The standard InChI is InChI=1S/C18H32N4O6/c1-9(2)13(19)16(25)21-14(10(3)4)17(26)22-7-5-6-12(22)15(24)20-11(8-23)18(27)28/h9-14,23H,5-8,19H2,1-4H3,(H,20,24)(H,21,25)(H,27,28). The highest BCUT2D eigenvalue weighted by molar-refractivity contribution is 5.94. The number of nitrogens with two attached hydrogens (primary N) is 1. The predicted molar refractivity (Wildman–Crippen MR) is 101 cm³/mol. The van der Waals surface area contributed by atoms with E-state index in [1.54, 1.807) is 27.7 Å². The fourth-order valence-electron chi connectivity index (χ4n) is 3.00. The fourth-order valence-corrected chi connectivity index (χ4v) is 3.00. The zero-order valence-electron chi connectivity index (χ0n) is 16.8. The zero-order valence-corrected chi connectivity index (χ0v) is 16.8. The van der Waals surface area contributed by atoms with Crippen LogP contribution in [-0.4, -0.2) is 76.1 Å². The molecule has 1 heterocycles. The van der Waals surface area contributed by atoms with Gasteiger partial charge in [0.25, 0.3) is 0 Å². The molecule has 10 nitrogen and oxygen atoms in total. The number of carbonyl (C=O) groups excluding carboxylic acids is 3. The first-order valence-electron chi connectivity index (χ1n) is 9.51. The van der Waals surface area contributed by atoms with E-state index in [9.17, 15) is 19.2 Å². The lowest BCUT2D eigenvalue weighted by atomic mass is 9.99. The van der Waals surface area contributed by atoms with Crippen LogP contribution in [0.4, 0.5) is 0 Å². The topological polar surface area (TPSA) is 162 Å². The first-order chi connectivity index (χ1) is 13.0. The molecule has 0 bridgehead atoms. The van der Waals surface area contributed by atoms with Crippen molar-refractivity contribution in [3.8, 4) is 0 Å². The van der Waals surface area contributed by atoms with Crippen molar-refractivity contribution < 1.29 is 29.4 Å². The summed E-state index contributed by atoms with van der Waals surface area (Å²) in [5.41, 5.74) is 5.86. The number of carbonyl (C=O) groups is 4. The molecule has 1 fully saturated rings. The van der Waals surface area contributed by atoms with E-state index >= 15 is 0 Å². The normalized spacial score (nSPS) is 20.0. The fraction of sp³-hybridized carbons (Fsp3) is 0.778. The third-order valence-electron chi connectivity index (χ3n) is 4.89. The van der Waals surface area contributed by atoms with Crippen LogP contribution in [0.5, 0.6) is 0 Å². The highest BCUT2D eigenvalue weighted by Gasteiger charge is 2.40. The average molecular weight is 400 g/mol. The number of aliphatic hydroxyl groups is 1. The molecule has 4 unspecified atom stereocenters. The van der Waals surface area contributed by atoms with Gasteiger partial charge in [0.2, 0.25) is 17.7 Å². The van der Waals surface area contributed by atoms with Crippen LogP contribution in [0.3, 0.4) is 0 Å². The van der Waals surface area contributed by atoms with E-state index < -0.39 is 54.5 Å². The van der Waals surface area contributed by atoms with Gasteiger partial charge in [-0.25, -0.2) is 4.79 Å². The zero-order chi connectivity index (χ0) is 21.6. The minimum Gasteiger partial charge on any atom is -0.480 e. The van der Waals surface area contributed by atoms with Crippen LogP contribution in [-0.2, 0) is 19.2 Å². The van der Waals surface area contributed by atoms with Gasteiger partial charge in [0.15, 0.2) is 0 Å². The molecule has 0 aromatic carbocycles. The summed E-state index contributed by atoms with van der Waals surface area (Å²) in [7, 11) is 0. The molecule has 160 valence electrons. The first kappa shape index (κ1) is 23.8. The Balaban J connectivity index is 2.91. The van der Waals surface area contributed by atoms with E-state index in [4.69, 9.17) is 15.9 Å². The van der Waals surface area contributed by atoms with Gasteiger partial charge < -0.3 is 31.5 Å². The van der Waals surface area contributed by atoms with Gasteiger partial charge in [-0.05, 0) is 24.7 Å². The Bertz CT molecular complexity index is 595. The van der Waals surface area contributed by atoms with Crippen LogP contribution >= 0.6 is 0 Å². The molecular formula is C18H32N4O6. The number of hydrogen-bond acceptors (Lipinski definition) is 6. The molecule has 4 atom stereocenters. The number of aliphatic carboxylic acids is 1. The van der Waals surface area contributed by atoms with Crippen molar-refractivity contribution in [3.05, 3.63) is 0 Å². The monoisotopic (exact) mass is 400 g/mol. The molecule has 1 saturated heterocycles. The Morgan fingerprint density at radius 3 is 2.18 bits per heavy atom. The quantitative estimate of drug-likeness (QED) is 0.320. The average Bonchev–Trinajstić information content (AvgIpc) is 3.11. The van der Waals surface area contributed by atoms with Crippen molar-refractivity contribution in [2.45, 2.75) is 64.7 Å². The number of carboxylic acids is 1. The van der Waals surface area contributed by atoms with Crippen molar-refractivity contribution in [1.29, 1.82) is 0 Å². The van der Waals surface area contributed by atoms with Gasteiger partial charge in [0.05, 0.1) is 12.6 Å². The molecule has 0 spiro atoms.